The average molecular weight is 807 g/mol. The number of amides is 6. The first-order valence-electron chi connectivity index (χ1n) is 18.5. The third-order valence-corrected chi connectivity index (χ3v) is 10.4. The fourth-order valence-electron chi connectivity index (χ4n) is 5.42. The lowest BCUT2D eigenvalue weighted by Gasteiger charge is -2.29. The molecule has 0 spiro atoms. The second-order valence-electron chi connectivity index (χ2n) is 14.3. The highest BCUT2D eigenvalue weighted by Gasteiger charge is 2.34. The molecule has 0 aromatic carbocycles. The van der Waals surface area contributed by atoms with Crippen LogP contribution in [0, 0.1) is 11.8 Å². The first kappa shape index (κ1) is 46.8. The van der Waals surface area contributed by atoms with Crippen molar-refractivity contribution in [1.29, 1.82) is 0 Å². The van der Waals surface area contributed by atoms with Crippen LogP contribution in [0.15, 0.2) is 35.0 Å². The first-order chi connectivity index (χ1) is 25.9. The molecule has 0 aliphatic rings. The van der Waals surface area contributed by atoms with E-state index in [-0.39, 0.29) is 25.2 Å². The number of rotatable bonds is 24. The molecule has 2 aromatic rings. The van der Waals surface area contributed by atoms with Crippen LogP contribution in [0.2, 0.25) is 0 Å². The topological polar surface area (TPSA) is 264 Å². The van der Waals surface area contributed by atoms with Crippen LogP contribution >= 0.6 is 22.7 Å². The van der Waals surface area contributed by atoms with Crippen molar-refractivity contribution in [3.8, 4) is 0 Å². The van der Waals surface area contributed by atoms with Crippen LogP contribution < -0.4 is 43.4 Å². The van der Waals surface area contributed by atoms with E-state index in [1.54, 1.807) is 13.8 Å². The summed E-state index contributed by atoms with van der Waals surface area (Å²) >= 11 is 2.89. The van der Waals surface area contributed by atoms with Crippen LogP contribution in [0.1, 0.15) is 77.0 Å². The molecule has 0 fully saturated rings. The van der Waals surface area contributed by atoms with E-state index in [9.17, 15) is 33.6 Å². The molecule has 11 N–H and O–H groups in total. The zero-order valence-corrected chi connectivity index (χ0v) is 34.0. The summed E-state index contributed by atoms with van der Waals surface area (Å²) in [7, 11) is 0. The number of carboxylic acids is 1. The molecule has 0 aliphatic heterocycles. The van der Waals surface area contributed by atoms with Gasteiger partial charge < -0.3 is 48.5 Å². The molecule has 7 atom stereocenters. The Morgan fingerprint density at radius 3 is 1.69 bits per heavy atom. The van der Waals surface area contributed by atoms with Crippen molar-refractivity contribution in [2.45, 2.75) is 122 Å². The van der Waals surface area contributed by atoms with Crippen molar-refractivity contribution in [3.05, 3.63) is 44.8 Å². The van der Waals surface area contributed by atoms with E-state index in [4.69, 9.17) is 16.6 Å². The normalized spacial score (nSPS) is 15.1. The molecular weight excluding hydrogens is 749 g/mol. The van der Waals surface area contributed by atoms with Gasteiger partial charge in [0.25, 0.3) is 0 Å². The minimum atomic E-state index is -1.24. The summed E-state index contributed by atoms with van der Waals surface area (Å²) in [6, 6.07) is -0.165. The van der Waals surface area contributed by atoms with E-state index in [1.807, 2.05) is 48.9 Å². The van der Waals surface area contributed by atoms with Gasteiger partial charge in [0.2, 0.25) is 35.4 Å². The summed E-state index contributed by atoms with van der Waals surface area (Å²) in [5, 5.41) is 28.7. The molecule has 0 bridgehead atoms. The van der Waals surface area contributed by atoms with Crippen LogP contribution in [0.5, 0.6) is 0 Å². The van der Waals surface area contributed by atoms with Gasteiger partial charge in [-0.25, -0.2) is 0 Å². The number of nitrogens with one attached hydrogen (secondary N) is 6. The fraction of sp³-hybridized carbons (Fsp3) is 0.595. The molecule has 0 unspecified atom stereocenters. The van der Waals surface area contributed by atoms with Crippen LogP contribution in [0.4, 0.5) is 0 Å². The van der Waals surface area contributed by atoms with Crippen LogP contribution in [0.25, 0.3) is 0 Å². The molecule has 2 heterocycles. The summed E-state index contributed by atoms with van der Waals surface area (Å²) < 4.78 is 0. The number of unbranched alkanes of at least 4 members (excludes halogenated alkanes) is 1. The van der Waals surface area contributed by atoms with E-state index in [0.717, 1.165) is 9.75 Å². The summed E-state index contributed by atoms with van der Waals surface area (Å²) in [5.41, 5.74) is 11.8. The molecule has 6 amide bonds. The highest BCUT2D eigenvalue weighted by molar-refractivity contribution is 7.10. The molecule has 306 valence electrons. The van der Waals surface area contributed by atoms with Gasteiger partial charge in [-0.2, -0.15) is 0 Å². The van der Waals surface area contributed by atoms with Gasteiger partial charge in [0.1, 0.15) is 36.3 Å². The van der Waals surface area contributed by atoms with E-state index >= 15 is 0 Å². The molecule has 2 rings (SSSR count). The Kier molecular flexibility index (Phi) is 20.0. The lowest BCUT2D eigenvalue weighted by molar-refractivity contribution is -0.141. The third kappa shape index (κ3) is 16.5. The smallest absolute Gasteiger partial charge is 0.325 e. The van der Waals surface area contributed by atoms with Gasteiger partial charge in [-0.05, 0) is 80.8 Å². The van der Waals surface area contributed by atoms with E-state index in [0.29, 0.717) is 25.8 Å². The lowest BCUT2D eigenvalue weighted by atomic mass is 9.98. The lowest BCUT2D eigenvalue weighted by Crippen LogP contribution is -2.60. The number of carboxylic acid groups (broad SMARTS) is 1. The van der Waals surface area contributed by atoms with Crippen LogP contribution in [-0.4, -0.2) is 95.4 Å². The van der Waals surface area contributed by atoms with Gasteiger partial charge in [0.15, 0.2) is 0 Å². The largest absolute Gasteiger partial charge is 0.480 e. The highest BCUT2D eigenvalue weighted by Crippen LogP contribution is 2.15. The maximum absolute atomic E-state index is 13.9. The number of thiophene rings is 2. The number of hydrogen-bond donors (Lipinski definition) is 9. The SMILES string of the molecule is CC(C)C[C@H](NC(=O)[C@@H](NC(=O)[C@H](Cc1cccs1)NC(=O)[C@@H](N)Cc1cccs1)C(C)C)C(=O)N[C@@H](CCCCN)C(=O)N[C@@H](C)C(=O)N[C@@H](C)C(=O)O. The molecule has 55 heavy (non-hydrogen) atoms. The predicted molar refractivity (Wildman–Crippen MR) is 212 cm³/mol. The summed E-state index contributed by atoms with van der Waals surface area (Å²) in [6.45, 7) is 10.2. The monoisotopic (exact) mass is 806 g/mol. The Balaban J connectivity index is 2.23. The maximum Gasteiger partial charge on any atom is 0.325 e. The minimum absolute atomic E-state index is 0.0728. The molecule has 0 saturated heterocycles. The maximum atomic E-state index is 13.9. The molecule has 16 nitrogen and oxygen atoms in total. The van der Waals surface area contributed by atoms with Crippen molar-refractivity contribution >= 4 is 64.1 Å². The Morgan fingerprint density at radius 1 is 0.636 bits per heavy atom. The minimum Gasteiger partial charge on any atom is -0.480 e. The second-order valence-corrected chi connectivity index (χ2v) is 16.4. The van der Waals surface area contributed by atoms with E-state index < -0.39 is 89.6 Å². The second kappa shape index (κ2) is 23.5. The predicted octanol–water partition coefficient (Wildman–Crippen LogP) is 0.786. The third-order valence-electron chi connectivity index (χ3n) is 8.60. The fourth-order valence-corrected chi connectivity index (χ4v) is 6.94. The Morgan fingerprint density at radius 2 is 1.16 bits per heavy atom. The standard InChI is InChI=1S/C37H58N8O8S2/c1-20(2)17-28(34(49)42-27(13-7-8-14-38)33(48)40-22(5)31(46)41-23(6)37(52)53)44-36(51)30(21(3)4)45-35(50)29(19-25-12-10-16-55-25)43-32(47)26(39)18-24-11-9-15-54-24/h9-12,15-16,20-23,26-30H,7-8,13-14,17-19,38-39H2,1-6H3,(H,40,48)(H,41,46)(H,42,49)(H,43,47)(H,44,51)(H,45,50)(H,52,53)/t22-,23-,26-,27-,28-,29-,30-/m0/s1. The van der Waals surface area contributed by atoms with Gasteiger partial charge in [-0.3, -0.25) is 33.6 Å². The van der Waals surface area contributed by atoms with Gasteiger partial charge >= 0.3 is 5.97 Å². The summed E-state index contributed by atoms with van der Waals surface area (Å²) in [4.78, 5) is 93.4. The molecular formula is C37H58N8O8S2. The number of hydrogen-bond acceptors (Lipinski definition) is 11. The van der Waals surface area contributed by atoms with Gasteiger partial charge in [-0.1, -0.05) is 39.8 Å². The molecule has 0 aliphatic carbocycles. The first-order valence-corrected chi connectivity index (χ1v) is 20.2. The summed E-state index contributed by atoms with van der Waals surface area (Å²) in [6.07, 6.45) is 1.86. The molecule has 0 radical (unpaired) electrons. The molecule has 0 saturated carbocycles. The zero-order chi connectivity index (χ0) is 41.2. The van der Waals surface area contributed by atoms with Crippen molar-refractivity contribution in [3.63, 3.8) is 0 Å². The van der Waals surface area contributed by atoms with E-state index in [1.165, 1.54) is 36.5 Å². The quantitative estimate of drug-likeness (QED) is 0.0674. The van der Waals surface area contributed by atoms with Crippen LogP contribution in [0.3, 0.4) is 0 Å². The average Bonchev–Trinajstić information content (AvgIpc) is 3.83. The Bertz CT molecular complexity index is 1550. The Labute approximate surface area is 330 Å². The number of aliphatic carboxylic acids is 1. The number of carbonyl (C=O) groups is 7. The van der Waals surface area contributed by atoms with Gasteiger partial charge in [-0.15, -0.1) is 22.7 Å². The number of carbonyl (C=O) groups excluding carboxylic acids is 6. The van der Waals surface area contributed by atoms with Crippen LogP contribution in [-0.2, 0) is 46.4 Å². The van der Waals surface area contributed by atoms with Crippen molar-refractivity contribution in [2.24, 2.45) is 23.3 Å². The highest BCUT2D eigenvalue weighted by atomic mass is 32.1. The van der Waals surface area contributed by atoms with Crippen molar-refractivity contribution in [1.82, 2.24) is 31.9 Å². The summed E-state index contributed by atoms with van der Waals surface area (Å²) in [5.74, 6) is -5.55. The van der Waals surface area contributed by atoms with Gasteiger partial charge in [0.05, 0.1) is 6.04 Å². The Hall–Kier alpha value is -4.39. The molecule has 2 aromatic heterocycles. The van der Waals surface area contributed by atoms with E-state index in [2.05, 4.69) is 31.9 Å². The van der Waals surface area contributed by atoms with Crippen molar-refractivity contribution < 1.29 is 38.7 Å². The zero-order valence-electron chi connectivity index (χ0n) is 32.4. The van der Waals surface area contributed by atoms with Gasteiger partial charge in [0, 0.05) is 22.6 Å². The number of nitrogens with two attached hydrogens (primary N) is 2. The van der Waals surface area contributed by atoms with Crippen molar-refractivity contribution in [2.75, 3.05) is 6.54 Å². The molecule has 18 heteroatoms.